The first-order valence-corrected chi connectivity index (χ1v) is 7.72. The molecule has 0 aromatic heterocycles. The van der Waals surface area contributed by atoms with Gasteiger partial charge >= 0.3 is 20.8 Å². The summed E-state index contributed by atoms with van der Waals surface area (Å²) in [4.78, 5) is 0. The Bertz CT molecular complexity index is 496. The number of ether oxygens (including phenoxy) is 2. The fraction of sp³-hybridized carbons (Fsp3) is 1.00. The van der Waals surface area contributed by atoms with E-state index in [-0.39, 0.29) is 6.61 Å². The van der Waals surface area contributed by atoms with Gasteiger partial charge in [-0.15, -0.1) is 0 Å². The van der Waals surface area contributed by atoms with E-state index in [9.17, 15) is 16.8 Å². The van der Waals surface area contributed by atoms with Crippen molar-refractivity contribution >= 4 is 20.8 Å². The first-order chi connectivity index (χ1) is 8.53. The molecule has 0 saturated carbocycles. The Morgan fingerprint density at radius 1 is 1.05 bits per heavy atom. The lowest BCUT2D eigenvalue weighted by atomic mass is 10.0. The van der Waals surface area contributed by atoms with Crippen molar-refractivity contribution in [1.82, 2.24) is 0 Å². The van der Waals surface area contributed by atoms with Gasteiger partial charge in [-0.25, -0.2) is 8.37 Å². The molecule has 1 heterocycles. The molecular formula is C7H14O10S2. The van der Waals surface area contributed by atoms with Crippen molar-refractivity contribution in [3.8, 4) is 0 Å². The molecule has 4 atom stereocenters. The summed E-state index contributed by atoms with van der Waals surface area (Å²) in [5.41, 5.74) is 0. The van der Waals surface area contributed by atoms with Crippen LogP contribution in [0.1, 0.15) is 6.92 Å². The van der Waals surface area contributed by atoms with E-state index in [1.807, 2.05) is 0 Å². The monoisotopic (exact) mass is 322 g/mol. The van der Waals surface area contributed by atoms with Crippen molar-refractivity contribution in [1.29, 1.82) is 0 Å². The van der Waals surface area contributed by atoms with Crippen LogP contribution in [0.5, 0.6) is 0 Å². The smallest absolute Gasteiger partial charge is 0.376 e. The van der Waals surface area contributed by atoms with E-state index in [0.717, 1.165) is 0 Å². The molecule has 0 radical (unpaired) electrons. The van der Waals surface area contributed by atoms with Gasteiger partial charge in [0.2, 0.25) is 0 Å². The van der Waals surface area contributed by atoms with E-state index in [0.29, 0.717) is 0 Å². The molecule has 19 heavy (non-hydrogen) atoms. The maximum atomic E-state index is 10.7. The molecule has 0 aliphatic carbocycles. The van der Waals surface area contributed by atoms with E-state index in [4.69, 9.17) is 18.6 Å². The summed E-state index contributed by atoms with van der Waals surface area (Å²) in [6.45, 7) is 1.27. The molecule has 4 unspecified atom stereocenters. The topological polar surface area (TPSA) is 146 Å². The van der Waals surface area contributed by atoms with E-state index < -0.39 is 45.2 Å². The minimum absolute atomic E-state index is 0.108. The second-order valence-corrected chi connectivity index (χ2v) is 5.89. The Hall–Kier alpha value is -0.340. The summed E-state index contributed by atoms with van der Waals surface area (Å²) in [5.74, 6) is 0. The number of rotatable bonds is 5. The van der Waals surface area contributed by atoms with Gasteiger partial charge in [0, 0.05) is 7.11 Å². The lowest BCUT2D eigenvalue weighted by molar-refractivity contribution is -0.174. The van der Waals surface area contributed by atoms with Crippen LogP contribution in [0.15, 0.2) is 0 Å². The zero-order valence-corrected chi connectivity index (χ0v) is 11.6. The highest BCUT2D eigenvalue weighted by Gasteiger charge is 2.45. The summed E-state index contributed by atoms with van der Waals surface area (Å²) in [6.07, 6.45) is -4.92. The van der Waals surface area contributed by atoms with E-state index in [2.05, 4.69) is 8.37 Å². The van der Waals surface area contributed by atoms with Crippen molar-refractivity contribution < 1.29 is 43.8 Å². The SMILES string of the molecule is COC1COC(C)C(OS(=O)(=O)O)C1OS(=O)(=O)O. The predicted molar refractivity (Wildman–Crippen MR) is 59.1 cm³/mol. The summed E-state index contributed by atoms with van der Waals surface area (Å²) in [7, 11) is -8.54. The molecule has 1 rings (SSSR count). The number of methoxy groups -OCH3 is 1. The van der Waals surface area contributed by atoms with Gasteiger partial charge < -0.3 is 9.47 Å². The number of hydrogen-bond donors (Lipinski definition) is 2. The Morgan fingerprint density at radius 2 is 1.53 bits per heavy atom. The van der Waals surface area contributed by atoms with Crippen molar-refractivity contribution in [3.05, 3.63) is 0 Å². The highest BCUT2D eigenvalue weighted by Crippen LogP contribution is 2.25. The second kappa shape index (κ2) is 5.97. The van der Waals surface area contributed by atoms with Crippen LogP contribution in [0, 0.1) is 0 Å². The molecule has 114 valence electrons. The first-order valence-electron chi connectivity index (χ1n) is 4.99. The van der Waals surface area contributed by atoms with Gasteiger partial charge in [0.15, 0.2) is 0 Å². The molecule has 1 saturated heterocycles. The number of hydrogen-bond acceptors (Lipinski definition) is 8. The molecule has 1 aliphatic rings. The maximum Gasteiger partial charge on any atom is 0.397 e. The zero-order chi connectivity index (χ0) is 14.8. The van der Waals surface area contributed by atoms with Gasteiger partial charge in [-0.3, -0.25) is 9.11 Å². The molecule has 0 aromatic rings. The van der Waals surface area contributed by atoms with Crippen LogP contribution in [0.4, 0.5) is 0 Å². The molecule has 1 fully saturated rings. The molecule has 0 amide bonds. The molecule has 1 aliphatic heterocycles. The third-order valence-corrected chi connectivity index (χ3v) is 3.38. The van der Waals surface area contributed by atoms with E-state index >= 15 is 0 Å². The lowest BCUT2D eigenvalue weighted by Crippen LogP contribution is -2.56. The van der Waals surface area contributed by atoms with E-state index in [1.165, 1.54) is 14.0 Å². The molecule has 0 spiro atoms. The van der Waals surface area contributed by atoms with Crippen LogP contribution in [-0.4, -0.2) is 64.1 Å². The standard InChI is InChI=1S/C7H14O10S2/c1-4-6(16-18(8,9)10)7(17-19(11,12)13)5(14-2)3-15-4/h4-7H,3H2,1-2H3,(H,8,9,10)(H,11,12,13). The average Bonchev–Trinajstić information content (AvgIpc) is 2.20. The van der Waals surface area contributed by atoms with Crippen molar-refractivity contribution in [2.45, 2.75) is 31.3 Å². The average molecular weight is 322 g/mol. The van der Waals surface area contributed by atoms with Gasteiger partial charge in [-0.1, -0.05) is 0 Å². The van der Waals surface area contributed by atoms with Crippen LogP contribution < -0.4 is 0 Å². The van der Waals surface area contributed by atoms with Crippen molar-refractivity contribution in [2.75, 3.05) is 13.7 Å². The highest BCUT2D eigenvalue weighted by atomic mass is 32.3. The minimum atomic E-state index is -4.87. The Balaban J connectivity index is 3.03. The van der Waals surface area contributed by atoms with Crippen LogP contribution in [0.3, 0.4) is 0 Å². The summed E-state index contributed by atoms with van der Waals surface area (Å²) in [5, 5.41) is 0. The van der Waals surface area contributed by atoms with Crippen molar-refractivity contribution in [3.63, 3.8) is 0 Å². The van der Waals surface area contributed by atoms with Gasteiger partial charge in [0.05, 0.1) is 12.7 Å². The molecule has 12 heteroatoms. The predicted octanol–water partition coefficient (Wildman–Crippen LogP) is -1.20. The molecule has 2 N–H and O–H groups in total. The Kier molecular flexibility index (Phi) is 5.25. The normalized spacial score (nSPS) is 33.3. The second-order valence-electron chi connectivity index (χ2n) is 3.79. The summed E-state index contributed by atoms with van der Waals surface area (Å²) < 4.78 is 78.9. The van der Waals surface area contributed by atoms with Crippen LogP contribution in [0.25, 0.3) is 0 Å². The Morgan fingerprint density at radius 3 is 1.95 bits per heavy atom. The lowest BCUT2D eigenvalue weighted by Gasteiger charge is -2.38. The summed E-state index contributed by atoms with van der Waals surface area (Å²) in [6, 6.07) is 0. The fourth-order valence-electron chi connectivity index (χ4n) is 1.65. The zero-order valence-electron chi connectivity index (χ0n) is 9.99. The van der Waals surface area contributed by atoms with Crippen LogP contribution in [0.2, 0.25) is 0 Å². The maximum absolute atomic E-state index is 10.7. The van der Waals surface area contributed by atoms with Gasteiger partial charge in [-0.2, -0.15) is 16.8 Å². The molecule has 10 nitrogen and oxygen atoms in total. The minimum Gasteiger partial charge on any atom is -0.376 e. The third kappa shape index (κ3) is 5.27. The van der Waals surface area contributed by atoms with Gasteiger partial charge in [0.25, 0.3) is 0 Å². The molecular weight excluding hydrogens is 308 g/mol. The highest BCUT2D eigenvalue weighted by molar-refractivity contribution is 7.81. The van der Waals surface area contributed by atoms with Gasteiger partial charge in [0.1, 0.15) is 18.3 Å². The fourth-order valence-corrected chi connectivity index (χ4v) is 2.71. The quantitative estimate of drug-likeness (QED) is 0.591. The molecule has 0 aromatic carbocycles. The van der Waals surface area contributed by atoms with Crippen LogP contribution in [-0.2, 0) is 38.6 Å². The third-order valence-electron chi connectivity index (χ3n) is 2.44. The van der Waals surface area contributed by atoms with E-state index in [1.54, 1.807) is 0 Å². The van der Waals surface area contributed by atoms with Gasteiger partial charge in [-0.05, 0) is 6.92 Å². The molecule has 0 bridgehead atoms. The Labute approximate surface area is 110 Å². The summed E-state index contributed by atoms with van der Waals surface area (Å²) >= 11 is 0. The van der Waals surface area contributed by atoms with Crippen LogP contribution >= 0.6 is 0 Å². The first kappa shape index (κ1) is 16.7. The largest absolute Gasteiger partial charge is 0.397 e. The van der Waals surface area contributed by atoms with Crippen molar-refractivity contribution in [2.24, 2.45) is 0 Å².